The molecule has 7 nitrogen and oxygen atoms in total. The summed E-state index contributed by atoms with van der Waals surface area (Å²) in [6.45, 7) is 0.151. The van der Waals surface area contributed by atoms with Crippen LogP contribution in [0.25, 0.3) is 0 Å². The number of aliphatic carboxylic acids is 1. The Bertz CT molecular complexity index is 348. The van der Waals surface area contributed by atoms with E-state index in [-0.39, 0.29) is 24.9 Å². The molecule has 100 valence electrons. The van der Waals surface area contributed by atoms with Crippen molar-refractivity contribution in [2.45, 2.75) is 31.4 Å². The van der Waals surface area contributed by atoms with Crippen molar-refractivity contribution >= 4 is 16.0 Å². The lowest BCUT2D eigenvalue weighted by atomic mass is 10.2. The van der Waals surface area contributed by atoms with Crippen molar-refractivity contribution in [1.29, 1.82) is 0 Å². The second-order valence-electron chi connectivity index (χ2n) is 3.94. The number of aliphatic hydroxyl groups is 1. The van der Waals surface area contributed by atoms with E-state index >= 15 is 0 Å². The highest BCUT2D eigenvalue weighted by Gasteiger charge is 2.28. The molecule has 0 amide bonds. The molecule has 1 fully saturated rings. The van der Waals surface area contributed by atoms with E-state index in [1.165, 1.54) is 0 Å². The van der Waals surface area contributed by atoms with Crippen LogP contribution in [0.4, 0.5) is 0 Å². The molecule has 1 unspecified atom stereocenters. The van der Waals surface area contributed by atoms with Gasteiger partial charge in [0.2, 0.25) is 10.0 Å². The molecule has 0 aromatic rings. The minimum absolute atomic E-state index is 0.153. The molecule has 3 N–H and O–H groups in total. The first-order chi connectivity index (χ1) is 7.94. The van der Waals surface area contributed by atoms with Gasteiger partial charge in [0.1, 0.15) is 6.04 Å². The minimum Gasteiger partial charge on any atom is -0.480 e. The summed E-state index contributed by atoms with van der Waals surface area (Å²) < 4.78 is 30.5. The third-order valence-electron chi connectivity index (χ3n) is 2.47. The molecule has 0 aromatic heterocycles. The molecule has 0 bridgehead atoms. The zero-order chi connectivity index (χ0) is 12.9. The Morgan fingerprint density at radius 3 is 2.71 bits per heavy atom. The molecule has 0 aliphatic carbocycles. The van der Waals surface area contributed by atoms with Gasteiger partial charge < -0.3 is 14.9 Å². The largest absolute Gasteiger partial charge is 0.480 e. The number of carbonyl (C=O) groups is 1. The molecule has 1 aliphatic rings. The van der Waals surface area contributed by atoms with Crippen LogP contribution in [-0.2, 0) is 19.6 Å². The first-order valence-corrected chi connectivity index (χ1v) is 7.05. The predicted octanol–water partition coefficient (Wildman–Crippen LogP) is -1.08. The van der Waals surface area contributed by atoms with Gasteiger partial charge >= 0.3 is 5.97 Å². The highest BCUT2D eigenvalue weighted by Crippen LogP contribution is 2.13. The first kappa shape index (κ1) is 14.4. The smallest absolute Gasteiger partial charge is 0.321 e. The van der Waals surface area contributed by atoms with E-state index < -0.39 is 22.0 Å². The Morgan fingerprint density at radius 2 is 2.24 bits per heavy atom. The molecule has 1 aliphatic heterocycles. The number of sulfonamides is 1. The molecule has 0 radical (unpaired) electrons. The van der Waals surface area contributed by atoms with E-state index in [4.69, 9.17) is 14.9 Å². The number of ether oxygens (including phenoxy) is 1. The SMILES string of the molecule is O=C(O)[C@H](CCO)NS(=O)(=O)CC1CCCO1. The van der Waals surface area contributed by atoms with Gasteiger partial charge in [-0.05, 0) is 19.3 Å². The molecular weight excluding hydrogens is 250 g/mol. The van der Waals surface area contributed by atoms with Gasteiger partial charge in [0, 0.05) is 13.2 Å². The molecule has 0 spiro atoms. The van der Waals surface area contributed by atoms with E-state index in [0.29, 0.717) is 13.0 Å². The maximum absolute atomic E-state index is 11.6. The van der Waals surface area contributed by atoms with Crippen LogP contribution in [0, 0.1) is 0 Å². The van der Waals surface area contributed by atoms with Crippen LogP contribution < -0.4 is 4.72 Å². The van der Waals surface area contributed by atoms with E-state index in [9.17, 15) is 13.2 Å². The second kappa shape index (κ2) is 6.29. The highest BCUT2D eigenvalue weighted by atomic mass is 32.2. The summed E-state index contributed by atoms with van der Waals surface area (Å²) in [6.07, 6.45) is 0.967. The zero-order valence-corrected chi connectivity index (χ0v) is 10.1. The number of rotatable bonds is 7. The topological polar surface area (TPSA) is 113 Å². The van der Waals surface area contributed by atoms with Crippen LogP contribution in [0.15, 0.2) is 0 Å². The summed E-state index contributed by atoms with van der Waals surface area (Å²) in [6, 6.07) is -1.29. The Hall–Kier alpha value is -0.700. The van der Waals surface area contributed by atoms with Gasteiger partial charge in [-0.25, -0.2) is 13.1 Å². The van der Waals surface area contributed by atoms with Gasteiger partial charge in [-0.15, -0.1) is 0 Å². The standard InChI is InChI=1S/C9H17NO6S/c11-4-3-8(9(12)13)10-17(14,15)6-7-2-1-5-16-7/h7-8,10-11H,1-6H2,(H,12,13)/t7?,8-/m0/s1. The van der Waals surface area contributed by atoms with E-state index in [0.717, 1.165) is 6.42 Å². The van der Waals surface area contributed by atoms with E-state index in [1.54, 1.807) is 0 Å². The number of nitrogens with one attached hydrogen (secondary N) is 1. The molecule has 8 heteroatoms. The predicted molar refractivity (Wildman–Crippen MR) is 59.0 cm³/mol. The summed E-state index contributed by atoms with van der Waals surface area (Å²) in [7, 11) is -3.70. The summed E-state index contributed by atoms with van der Waals surface area (Å²) >= 11 is 0. The van der Waals surface area contributed by atoms with Crippen molar-refractivity contribution < 1.29 is 28.2 Å². The third-order valence-corrected chi connectivity index (χ3v) is 3.92. The average molecular weight is 267 g/mol. The Morgan fingerprint density at radius 1 is 1.53 bits per heavy atom. The van der Waals surface area contributed by atoms with E-state index in [1.807, 2.05) is 0 Å². The number of carboxylic acids is 1. The van der Waals surface area contributed by atoms with Crippen LogP contribution in [0.2, 0.25) is 0 Å². The average Bonchev–Trinajstić information content (AvgIpc) is 2.68. The first-order valence-electron chi connectivity index (χ1n) is 5.40. The minimum atomic E-state index is -3.70. The van der Waals surface area contributed by atoms with Crippen LogP contribution in [0.1, 0.15) is 19.3 Å². The Kier molecular flexibility index (Phi) is 5.31. The van der Waals surface area contributed by atoms with Gasteiger partial charge in [-0.3, -0.25) is 4.79 Å². The highest BCUT2D eigenvalue weighted by molar-refractivity contribution is 7.89. The molecular formula is C9H17NO6S. The fourth-order valence-electron chi connectivity index (χ4n) is 1.65. The Labute approximate surface area is 99.8 Å². The lowest BCUT2D eigenvalue weighted by Crippen LogP contribution is -2.44. The molecule has 0 aromatic carbocycles. The molecule has 0 saturated carbocycles. The van der Waals surface area contributed by atoms with E-state index in [2.05, 4.69) is 4.72 Å². The van der Waals surface area contributed by atoms with Gasteiger partial charge in [0.05, 0.1) is 11.9 Å². The molecule has 17 heavy (non-hydrogen) atoms. The van der Waals surface area contributed by atoms with Crippen LogP contribution in [0.5, 0.6) is 0 Å². The maximum atomic E-state index is 11.6. The normalized spacial score (nSPS) is 22.5. The summed E-state index contributed by atoms with van der Waals surface area (Å²) in [4.78, 5) is 10.7. The fraction of sp³-hybridized carbons (Fsp3) is 0.889. The third kappa shape index (κ3) is 4.99. The lowest BCUT2D eigenvalue weighted by molar-refractivity contribution is -0.139. The van der Waals surface area contributed by atoms with Crippen molar-refractivity contribution in [3.63, 3.8) is 0 Å². The molecule has 2 atom stereocenters. The number of aliphatic hydroxyl groups excluding tert-OH is 1. The van der Waals surface area contributed by atoms with Crippen LogP contribution >= 0.6 is 0 Å². The van der Waals surface area contributed by atoms with Crippen LogP contribution in [0.3, 0.4) is 0 Å². The fourth-order valence-corrected chi connectivity index (χ4v) is 3.15. The number of carboxylic acid groups (broad SMARTS) is 1. The summed E-state index contributed by atoms with van der Waals surface area (Å²) in [5, 5.41) is 17.4. The monoisotopic (exact) mass is 267 g/mol. The van der Waals surface area contributed by atoms with Crippen molar-refractivity contribution in [2.75, 3.05) is 19.0 Å². The molecule has 1 rings (SSSR count). The van der Waals surface area contributed by atoms with Gasteiger partial charge in [-0.2, -0.15) is 0 Å². The van der Waals surface area contributed by atoms with Gasteiger partial charge in [0.15, 0.2) is 0 Å². The van der Waals surface area contributed by atoms with Gasteiger partial charge in [-0.1, -0.05) is 0 Å². The van der Waals surface area contributed by atoms with Crippen molar-refractivity contribution in [3.05, 3.63) is 0 Å². The Balaban J connectivity index is 2.53. The summed E-state index contributed by atoms with van der Waals surface area (Å²) in [5.74, 6) is -1.53. The van der Waals surface area contributed by atoms with Crippen molar-refractivity contribution in [3.8, 4) is 0 Å². The van der Waals surface area contributed by atoms with Crippen molar-refractivity contribution in [2.24, 2.45) is 0 Å². The number of hydrogen-bond donors (Lipinski definition) is 3. The molecule has 1 saturated heterocycles. The zero-order valence-electron chi connectivity index (χ0n) is 9.33. The second-order valence-corrected chi connectivity index (χ2v) is 5.74. The molecule has 1 heterocycles. The number of hydrogen-bond acceptors (Lipinski definition) is 5. The quantitative estimate of drug-likeness (QED) is 0.541. The maximum Gasteiger partial charge on any atom is 0.321 e. The summed E-state index contributed by atoms with van der Waals surface area (Å²) in [5.41, 5.74) is 0. The van der Waals surface area contributed by atoms with Gasteiger partial charge in [0.25, 0.3) is 0 Å². The lowest BCUT2D eigenvalue weighted by Gasteiger charge is -2.15. The van der Waals surface area contributed by atoms with Crippen molar-refractivity contribution in [1.82, 2.24) is 4.72 Å². The van der Waals surface area contributed by atoms with Crippen LogP contribution in [-0.4, -0.2) is 55.7 Å².